The summed E-state index contributed by atoms with van der Waals surface area (Å²) in [7, 11) is 0. The fourth-order valence-electron chi connectivity index (χ4n) is 7.00. The molecule has 0 amide bonds. The molecule has 0 saturated heterocycles. The van der Waals surface area contributed by atoms with E-state index >= 15 is 0 Å². The molecule has 0 radical (unpaired) electrons. The van der Waals surface area contributed by atoms with Crippen molar-refractivity contribution >= 4 is 54.5 Å². The Kier molecular flexibility index (Phi) is 5.81. The van der Waals surface area contributed by atoms with Gasteiger partial charge in [-0.15, -0.1) is 0 Å². The van der Waals surface area contributed by atoms with Gasteiger partial charge in [-0.3, -0.25) is 0 Å². The number of aromatic nitrogens is 4. The fourth-order valence-corrected chi connectivity index (χ4v) is 7.00. The highest BCUT2D eigenvalue weighted by molar-refractivity contribution is 6.21. The number of fused-ring (bicyclic) bond motifs is 8. The van der Waals surface area contributed by atoms with Crippen molar-refractivity contribution in [2.75, 3.05) is 0 Å². The van der Waals surface area contributed by atoms with Crippen LogP contribution in [0.25, 0.3) is 94.4 Å². The molecule has 0 atom stereocenters. The SMILES string of the molecule is c1ccc(-c2nc(-c3ccccc3)nc(-c3ccc4c(c3)oc3ccc(-n5c6ccccc6c6c7ccccc7ccc65)cc34)n2)cc1. The van der Waals surface area contributed by atoms with Gasteiger partial charge >= 0.3 is 0 Å². The molecule has 5 heteroatoms. The Morgan fingerprint density at radius 3 is 1.79 bits per heavy atom. The van der Waals surface area contributed by atoms with E-state index in [0.717, 1.165) is 44.3 Å². The third kappa shape index (κ3) is 4.15. The molecule has 10 rings (SSSR count). The Hall–Kier alpha value is -6.59. The lowest BCUT2D eigenvalue weighted by Crippen LogP contribution is -2.00. The van der Waals surface area contributed by atoms with E-state index in [-0.39, 0.29) is 0 Å². The highest BCUT2D eigenvalue weighted by atomic mass is 16.3. The van der Waals surface area contributed by atoms with Gasteiger partial charge in [-0.2, -0.15) is 0 Å². The first-order valence-electron chi connectivity index (χ1n) is 16.0. The predicted octanol–water partition coefficient (Wildman–Crippen LogP) is 11.0. The molecule has 0 saturated carbocycles. The van der Waals surface area contributed by atoms with Crippen LogP contribution in [0.1, 0.15) is 0 Å². The fraction of sp³-hybridized carbons (Fsp3) is 0. The summed E-state index contributed by atoms with van der Waals surface area (Å²) in [6.07, 6.45) is 0. The lowest BCUT2D eigenvalue weighted by atomic mass is 10.0. The van der Waals surface area contributed by atoms with E-state index in [9.17, 15) is 0 Å². The average molecular weight is 615 g/mol. The molecule has 0 unspecified atom stereocenters. The lowest BCUT2D eigenvalue weighted by molar-refractivity contribution is 0.669. The molecule has 0 aliphatic rings. The summed E-state index contributed by atoms with van der Waals surface area (Å²) < 4.78 is 8.83. The smallest absolute Gasteiger partial charge is 0.164 e. The number of hydrogen-bond acceptors (Lipinski definition) is 4. The summed E-state index contributed by atoms with van der Waals surface area (Å²) in [6.45, 7) is 0. The Labute approximate surface area is 275 Å². The quantitative estimate of drug-likeness (QED) is 0.198. The van der Waals surface area contributed by atoms with Gasteiger partial charge in [0.2, 0.25) is 0 Å². The molecule has 0 aliphatic heterocycles. The second-order valence-electron chi connectivity index (χ2n) is 12.1. The number of para-hydroxylation sites is 1. The Balaban J connectivity index is 1.14. The van der Waals surface area contributed by atoms with E-state index in [1.54, 1.807) is 0 Å². The number of rotatable bonds is 4. The van der Waals surface area contributed by atoms with Gasteiger partial charge in [0.15, 0.2) is 17.5 Å². The van der Waals surface area contributed by atoms with Crippen molar-refractivity contribution in [1.29, 1.82) is 0 Å². The first-order chi connectivity index (χ1) is 23.8. The van der Waals surface area contributed by atoms with Crippen LogP contribution < -0.4 is 0 Å². The Morgan fingerprint density at radius 2 is 1.04 bits per heavy atom. The molecule has 10 aromatic rings. The molecule has 5 nitrogen and oxygen atoms in total. The third-order valence-electron chi connectivity index (χ3n) is 9.23. The minimum atomic E-state index is 0.600. The van der Waals surface area contributed by atoms with E-state index in [1.165, 1.54) is 32.6 Å². The van der Waals surface area contributed by atoms with Crippen LogP contribution >= 0.6 is 0 Å². The zero-order chi connectivity index (χ0) is 31.6. The van der Waals surface area contributed by atoms with Crippen LogP contribution in [0.2, 0.25) is 0 Å². The largest absolute Gasteiger partial charge is 0.456 e. The molecule has 0 aliphatic carbocycles. The van der Waals surface area contributed by atoms with Crippen LogP contribution in [0.15, 0.2) is 162 Å². The summed E-state index contributed by atoms with van der Waals surface area (Å²) in [5.41, 5.74) is 7.82. The van der Waals surface area contributed by atoms with Crippen molar-refractivity contribution in [1.82, 2.24) is 19.5 Å². The minimum absolute atomic E-state index is 0.600. The van der Waals surface area contributed by atoms with E-state index in [0.29, 0.717) is 17.5 Å². The first kappa shape index (κ1) is 26.6. The van der Waals surface area contributed by atoms with E-state index < -0.39 is 0 Å². The topological polar surface area (TPSA) is 56.7 Å². The molecular weight excluding hydrogens is 589 g/mol. The highest BCUT2D eigenvalue weighted by Crippen LogP contribution is 2.39. The first-order valence-corrected chi connectivity index (χ1v) is 16.0. The minimum Gasteiger partial charge on any atom is -0.456 e. The number of furan rings is 1. The van der Waals surface area contributed by atoms with Gasteiger partial charge in [0.1, 0.15) is 11.2 Å². The van der Waals surface area contributed by atoms with Gasteiger partial charge < -0.3 is 8.98 Å². The predicted molar refractivity (Wildman–Crippen MR) is 195 cm³/mol. The maximum absolute atomic E-state index is 6.47. The molecule has 3 aromatic heterocycles. The maximum Gasteiger partial charge on any atom is 0.164 e. The van der Waals surface area contributed by atoms with E-state index in [2.05, 4.69) is 95.6 Å². The van der Waals surface area contributed by atoms with Crippen molar-refractivity contribution < 1.29 is 4.42 Å². The van der Waals surface area contributed by atoms with Crippen LogP contribution in [0.3, 0.4) is 0 Å². The van der Waals surface area contributed by atoms with E-state index in [1.807, 2.05) is 66.7 Å². The van der Waals surface area contributed by atoms with Crippen molar-refractivity contribution in [2.45, 2.75) is 0 Å². The van der Waals surface area contributed by atoms with Gasteiger partial charge in [0, 0.05) is 43.9 Å². The number of nitrogens with zero attached hydrogens (tertiary/aromatic N) is 4. The second-order valence-corrected chi connectivity index (χ2v) is 12.1. The van der Waals surface area contributed by atoms with Crippen molar-refractivity contribution in [3.63, 3.8) is 0 Å². The third-order valence-corrected chi connectivity index (χ3v) is 9.23. The van der Waals surface area contributed by atoms with Gasteiger partial charge in [-0.05, 0) is 53.2 Å². The summed E-state index contributed by atoms with van der Waals surface area (Å²) in [5, 5.41) is 7.12. The summed E-state index contributed by atoms with van der Waals surface area (Å²) >= 11 is 0. The van der Waals surface area contributed by atoms with E-state index in [4.69, 9.17) is 19.4 Å². The zero-order valence-corrected chi connectivity index (χ0v) is 25.7. The maximum atomic E-state index is 6.47. The molecular formula is C43H26N4O. The Morgan fingerprint density at radius 1 is 0.396 bits per heavy atom. The van der Waals surface area contributed by atoms with Crippen LogP contribution in [-0.4, -0.2) is 19.5 Å². The molecule has 0 spiro atoms. The Bertz CT molecular complexity index is 2780. The van der Waals surface area contributed by atoms with Crippen molar-refractivity contribution in [2.24, 2.45) is 0 Å². The molecule has 0 fully saturated rings. The molecule has 48 heavy (non-hydrogen) atoms. The van der Waals surface area contributed by atoms with Gasteiger partial charge in [0.25, 0.3) is 0 Å². The molecule has 0 bridgehead atoms. The number of benzene rings is 7. The molecule has 3 heterocycles. The molecule has 0 N–H and O–H groups in total. The zero-order valence-electron chi connectivity index (χ0n) is 25.7. The van der Waals surface area contributed by atoms with Crippen molar-refractivity contribution in [3.05, 3.63) is 158 Å². The molecule has 224 valence electrons. The van der Waals surface area contributed by atoms with Gasteiger partial charge in [0.05, 0.1) is 11.0 Å². The summed E-state index contributed by atoms with van der Waals surface area (Å²) in [5.74, 6) is 1.86. The van der Waals surface area contributed by atoms with Gasteiger partial charge in [-0.25, -0.2) is 15.0 Å². The highest BCUT2D eigenvalue weighted by Gasteiger charge is 2.18. The monoisotopic (exact) mass is 614 g/mol. The standard InChI is InChI=1S/C43H26N4O/c1-3-12-28(13-4-1)41-44-42(29-14-5-2-6-15-29)46-43(45-41)30-19-22-33-35-26-31(21-24-38(35)48-39(33)25-30)47-36-18-10-9-17-34(36)40-32-16-8-7-11-27(32)20-23-37(40)47/h1-26H. The normalized spacial score (nSPS) is 11.8. The van der Waals surface area contributed by atoms with Crippen LogP contribution in [0.5, 0.6) is 0 Å². The van der Waals surface area contributed by atoms with Crippen LogP contribution in [0, 0.1) is 0 Å². The van der Waals surface area contributed by atoms with Crippen molar-refractivity contribution in [3.8, 4) is 39.9 Å². The number of hydrogen-bond donors (Lipinski definition) is 0. The summed E-state index contributed by atoms with van der Waals surface area (Å²) in [6, 6.07) is 54.5. The summed E-state index contributed by atoms with van der Waals surface area (Å²) in [4.78, 5) is 14.7. The van der Waals surface area contributed by atoms with Crippen LogP contribution in [-0.2, 0) is 0 Å². The second kappa shape index (κ2) is 10.5. The molecule has 7 aromatic carbocycles. The average Bonchev–Trinajstić information content (AvgIpc) is 3.70. The lowest BCUT2D eigenvalue weighted by Gasteiger charge is -2.09. The van der Waals surface area contributed by atoms with Gasteiger partial charge in [-0.1, -0.05) is 115 Å². The van der Waals surface area contributed by atoms with Crippen LogP contribution in [0.4, 0.5) is 0 Å².